The summed E-state index contributed by atoms with van der Waals surface area (Å²) in [6.07, 6.45) is -5.03. The zero-order valence-corrected chi connectivity index (χ0v) is 24.4. The number of nitrogens with zero attached hydrogens (tertiary/aromatic N) is 5. The van der Waals surface area contributed by atoms with Crippen molar-refractivity contribution >= 4 is 44.2 Å². The number of phosphoric acid groups is 2. The summed E-state index contributed by atoms with van der Waals surface area (Å²) < 4.78 is 42.8. The fourth-order valence-corrected chi connectivity index (χ4v) is 5.12. The molecule has 0 unspecified atom stereocenters. The number of hydrogen-bond donors (Lipinski definition) is 9. The Morgan fingerprint density at radius 1 is 0.932 bits per heavy atom. The minimum absolute atomic E-state index is 0.00698. The molecule has 22 nitrogen and oxygen atoms in total. The Kier molecular flexibility index (Phi) is 10.4. The van der Waals surface area contributed by atoms with Gasteiger partial charge in [0.05, 0.1) is 31.2 Å². The van der Waals surface area contributed by atoms with Gasteiger partial charge in [-0.1, -0.05) is 0 Å². The maximum Gasteiger partial charge on any atom is 0.469 e. The van der Waals surface area contributed by atoms with Crippen LogP contribution < -0.4 is 17.0 Å². The molecule has 0 saturated carbocycles. The molecule has 2 aliphatic rings. The maximum absolute atomic E-state index is 11.7. The fourth-order valence-electron chi connectivity index (χ4n) is 4.18. The number of aliphatic hydroxyl groups excluding tert-OH is 3. The van der Waals surface area contributed by atoms with Crippen LogP contribution in [0.25, 0.3) is 11.2 Å². The lowest BCUT2D eigenvalue weighted by Crippen LogP contribution is -2.34. The Morgan fingerprint density at radius 3 is 2.14 bits per heavy atom. The number of aliphatic hydroxyl groups is 3. The van der Waals surface area contributed by atoms with Crippen molar-refractivity contribution in [2.45, 2.75) is 48.4 Å². The fraction of sp³-hybridized carbons (Fsp3) is 0.526. The van der Waals surface area contributed by atoms with Gasteiger partial charge >= 0.3 is 21.3 Å². The average molecular weight is 690 g/mol. The van der Waals surface area contributed by atoms with Gasteiger partial charge in [0.2, 0.25) is 0 Å². The SMILES string of the molecule is Nc1ccn([C@@H]2O[C@H](COP(=O)(O)O)[C@@H](Cl)[C@H]2O)c(=O)n1.O=c1[nH]cnc2c1ncn2[C@@H]1O[C@H](COP(=O)(O)O)[C@@H](O)[C@H]1O. The van der Waals surface area contributed by atoms with Gasteiger partial charge in [-0.15, -0.1) is 11.6 Å². The molecule has 0 aromatic carbocycles. The normalized spacial score (nSPS) is 29.1. The van der Waals surface area contributed by atoms with E-state index in [4.69, 9.17) is 46.4 Å². The Labute approximate surface area is 249 Å². The topological polar surface area (TPSA) is 337 Å². The van der Waals surface area contributed by atoms with Crippen molar-refractivity contribution in [1.29, 1.82) is 0 Å². The van der Waals surface area contributed by atoms with Crippen molar-refractivity contribution in [2.75, 3.05) is 18.9 Å². The van der Waals surface area contributed by atoms with Gasteiger partial charge in [0, 0.05) is 6.20 Å². The first-order valence-electron chi connectivity index (χ1n) is 12.1. The molecule has 8 atom stereocenters. The average Bonchev–Trinajstić information content (AvgIpc) is 3.57. The van der Waals surface area contributed by atoms with Crippen LogP contribution in [0.15, 0.2) is 34.5 Å². The number of ether oxygens (including phenoxy) is 2. The number of nitrogens with one attached hydrogen (secondary N) is 1. The van der Waals surface area contributed by atoms with E-state index in [9.17, 15) is 34.0 Å². The van der Waals surface area contributed by atoms with Gasteiger partial charge in [-0.3, -0.25) is 23.0 Å². The minimum atomic E-state index is -4.74. The number of nitrogens with two attached hydrogens (primary N) is 1. The van der Waals surface area contributed by atoms with E-state index in [0.29, 0.717) is 0 Å². The third-order valence-corrected chi connectivity index (χ3v) is 7.71. The lowest BCUT2D eigenvalue weighted by Gasteiger charge is -2.17. The molecule has 0 radical (unpaired) electrons. The van der Waals surface area contributed by atoms with E-state index in [1.165, 1.54) is 23.2 Å². The summed E-state index contributed by atoms with van der Waals surface area (Å²) in [5.41, 5.74) is 4.26. The molecule has 0 spiro atoms. The summed E-state index contributed by atoms with van der Waals surface area (Å²) in [4.78, 5) is 71.5. The molecule has 44 heavy (non-hydrogen) atoms. The second kappa shape index (κ2) is 13.4. The number of H-pyrrole nitrogens is 1. The first-order valence-corrected chi connectivity index (χ1v) is 15.6. The molecule has 0 bridgehead atoms. The molecule has 244 valence electrons. The summed E-state index contributed by atoms with van der Waals surface area (Å²) in [5.74, 6) is 0.00698. The Morgan fingerprint density at radius 2 is 1.52 bits per heavy atom. The van der Waals surface area contributed by atoms with Crippen molar-refractivity contribution in [3.05, 3.63) is 45.8 Å². The molecule has 25 heteroatoms. The lowest BCUT2D eigenvalue weighted by atomic mass is 10.1. The predicted octanol–water partition coefficient (Wildman–Crippen LogP) is -3.35. The molecule has 3 aromatic rings. The minimum Gasteiger partial charge on any atom is -0.387 e. The van der Waals surface area contributed by atoms with E-state index in [0.717, 1.165) is 10.9 Å². The van der Waals surface area contributed by atoms with Gasteiger partial charge in [-0.25, -0.2) is 23.9 Å². The van der Waals surface area contributed by atoms with Crippen LogP contribution in [-0.4, -0.2) is 113 Å². The van der Waals surface area contributed by atoms with E-state index in [1.54, 1.807) is 0 Å². The Balaban J connectivity index is 0.000000202. The largest absolute Gasteiger partial charge is 0.469 e. The molecule has 5 rings (SSSR count). The predicted molar refractivity (Wildman–Crippen MR) is 143 cm³/mol. The van der Waals surface area contributed by atoms with Crippen molar-refractivity contribution in [1.82, 2.24) is 29.1 Å². The number of imidazole rings is 1. The molecule has 5 heterocycles. The highest BCUT2D eigenvalue weighted by atomic mass is 35.5. The number of aromatic nitrogens is 6. The van der Waals surface area contributed by atoms with Crippen molar-refractivity contribution in [3.63, 3.8) is 0 Å². The first-order chi connectivity index (χ1) is 20.5. The van der Waals surface area contributed by atoms with Crippen LogP contribution in [0.3, 0.4) is 0 Å². The summed E-state index contributed by atoms with van der Waals surface area (Å²) in [6, 6.07) is 1.33. The van der Waals surface area contributed by atoms with Crippen LogP contribution in [0.2, 0.25) is 0 Å². The standard InChI is InChI=1S/C10H13N4O8P.C9H13ClN3O7P/c15-6-4(1-21-23(18,19)20)22-10(7(6)16)14-3-13-5-8(14)11-2-12-9(5)17;10-6-4(3-19-21(16,17)18)20-8(7(6)14)13-2-1-5(11)12-9(13)15/h2-4,6-7,10,15-16H,1H2,(H,11,12,17)(H2,18,19,20);1-2,4,6-8,14H,3H2,(H2,11,12,15)(H2,16,17,18)/t4-,6-,7-,10-;4-,6-,7-,8-/m11/s1. The number of phosphoric ester groups is 2. The number of rotatable bonds is 8. The van der Waals surface area contributed by atoms with Crippen LogP contribution >= 0.6 is 27.2 Å². The quantitative estimate of drug-likeness (QED) is 0.0823. The van der Waals surface area contributed by atoms with E-state index in [-0.39, 0.29) is 17.0 Å². The van der Waals surface area contributed by atoms with Crippen LogP contribution in [0.1, 0.15) is 12.5 Å². The third-order valence-electron chi connectivity index (χ3n) is 6.20. The molecule has 2 aliphatic heterocycles. The molecule has 3 aromatic heterocycles. The summed E-state index contributed by atoms with van der Waals surface area (Å²) in [5, 5.41) is 28.9. The second-order valence-corrected chi connectivity index (χ2v) is 12.2. The maximum atomic E-state index is 11.7. The number of hydrogen-bond acceptors (Lipinski definition) is 15. The lowest BCUT2D eigenvalue weighted by molar-refractivity contribution is -0.0523. The van der Waals surface area contributed by atoms with Crippen LogP contribution in [-0.2, 0) is 27.7 Å². The monoisotopic (exact) mass is 689 g/mol. The molecule has 2 fully saturated rings. The highest BCUT2D eigenvalue weighted by molar-refractivity contribution is 7.46. The van der Waals surface area contributed by atoms with Crippen molar-refractivity contribution < 1.29 is 62.5 Å². The van der Waals surface area contributed by atoms with Gasteiger partial charge in [-0.2, -0.15) is 4.98 Å². The molecule has 0 aliphatic carbocycles. The second-order valence-electron chi connectivity index (χ2n) is 9.22. The molecule has 10 N–H and O–H groups in total. The number of aromatic amines is 1. The molecular formula is C19H26ClN7O15P2. The number of halogens is 1. The van der Waals surface area contributed by atoms with Crippen molar-refractivity contribution in [3.8, 4) is 0 Å². The Bertz CT molecular complexity index is 1680. The smallest absolute Gasteiger partial charge is 0.387 e. The van der Waals surface area contributed by atoms with E-state index in [1.807, 2.05) is 0 Å². The molecular weight excluding hydrogens is 664 g/mol. The molecule has 0 amide bonds. The van der Waals surface area contributed by atoms with Crippen molar-refractivity contribution in [2.24, 2.45) is 0 Å². The van der Waals surface area contributed by atoms with E-state index in [2.05, 4.69) is 29.0 Å². The third kappa shape index (κ3) is 7.94. The van der Waals surface area contributed by atoms with Gasteiger partial charge in [-0.05, 0) is 6.07 Å². The summed E-state index contributed by atoms with van der Waals surface area (Å²) >= 11 is 5.92. The van der Waals surface area contributed by atoms with Gasteiger partial charge < -0.3 is 55.1 Å². The van der Waals surface area contributed by atoms with Gasteiger partial charge in [0.25, 0.3) is 5.56 Å². The van der Waals surface area contributed by atoms with E-state index < -0.39 is 88.5 Å². The van der Waals surface area contributed by atoms with Gasteiger partial charge in [0.1, 0.15) is 36.3 Å². The number of alkyl halides is 1. The summed E-state index contributed by atoms with van der Waals surface area (Å²) in [6.45, 7) is -1.16. The molecule has 2 saturated heterocycles. The number of nitrogen functional groups attached to an aromatic ring is 1. The highest BCUT2D eigenvalue weighted by Gasteiger charge is 2.46. The number of fused-ring (bicyclic) bond motifs is 1. The zero-order valence-electron chi connectivity index (χ0n) is 21.8. The number of anilines is 1. The van der Waals surface area contributed by atoms with Crippen LogP contribution in [0.4, 0.5) is 5.82 Å². The summed E-state index contributed by atoms with van der Waals surface area (Å²) in [7, 11) is -9.43. The zero-order chi connectivity index (χ0) is 32.6. The first kappa shape index (κ1) is 34.2. The van der Waals surface area contributed by atoms with Crippen LogP contribution in [0.5, 0.6) is 0 Å². The Hall–Kier alpha value is -2.66. The highest BCUT2D eigenvalue weighted by Crippen LogP contribution is 2.40. The van der Waals surface area contributed by atoms with Gasteiger partial charge in [0.15, 0.2) is 23.6 Å². The van der Waals surface area contributed by atoms with Crippen LogP contribution in [0, 0.1) is 0 Å². The van der Waals surface area contributed by atoms with E-state index >= 15 is 0 Å².